The van der Waals surface area contributed by atoms with E-state index >= 15 is 4.39 Å². The molecular formula is C30H34F7N5O5. The van der Waals surface area contributed by atoms with Gasteiger partial charge >= 0.3 is 24.0 Å². The summed E-state index contributed by atoms with van der Waals surface area (Å²) in [4.78, 5) is 47.2. The Morgan fingerprint density at radius 1 is 0.979 bits per heavy atom. The molecule has 2 aromatic rings. The Bertz CT molecular complexity index is 1520. The molecule has 0 spiro atoms. The fraction of sp³-hybridized carbons (Fsp3) is 0.667. The molecule has 4 aliphatic rings. The minimum Gasteiger partial charge on any atom is -0.453 e. The number of nitrogens with one attached hydrogen (secondary N) is 2. The number of alkyl carbamates (subject to hydrolysis) is 1. The molecule has 0 bridgehead atoms. The van der Waals surface area contributed by atoms with Gasteiger partial charge in [-0.2, -0.15) is 17.6 Å². The van der Waals surface area contributed by atoms with Crippen LogP contribution in [0.5, 0.6) is 0 Å². The van der Waals surface area contributed by atoms with E-state index in [4.69, 9.17) is 9.47 Å². The number of likely N-dealkylation sites (tertiary alicyclic amines) is 2. The van der Waals surface area contributed by atoms with Crippen molar-refractivity contribution in [2.24, 2.45) is 11.8 Å². The molecule has 0 radical (unpaired) electrons. The number of ether oxygens (including phenoxy) is 2. The number of benzene rings is 1. The molecule has 258 valence electrons. The van der Waals surface area contributed by atoms with Crippen LogP contribution in [0.4, 0.5) is 40.3 Å². The summed E-state index contributed by atoms with van der Waals surface area (Å²) in [5.74, 6) is -16.7. The molecule has 2 aliphatic heterocycles. The number of carbonyl (C=O) groups excluding carboxylic acids is 3. The lowest BCUT2D eigenvalue weighted by Gasteiger charge is -2.34. The third-order valence-corrected chi connectivity index (χ3v) is 9.86. The third-order valence-electron chi connectivity index (χ3n) is 9.86. The number of methoxy groups -OCH3 is 1. The molecule has 17 heteroatoms. The average molecular weight is 678 g/mol. The van der Waals surface area contributed by atoms with E-state index in [1.54, 1.807) is 0 Å². The second-order valence-electron chi connectivity index (χ2n) is 13.0. The van der Waals surface area contributed by atoms with Crippen molar-refractivity contribution in [3.8, 4) is 0 Å². The van der Waals surface area contributed by atoms with E-state index in [0.717, 1.165) is 18.4 Å². The van der Waals surface area contributed by atoms with Gasteiger partial charge in [0.1, 0.15) is 17.4 Å². The van der Waals surface area contributed by atoms with Crippen molar-refractivity contribution in [1.82, 2.24) is 25.1 Å². The van der Waals surface area contributed by atoms with Crippen molar-refractivity contribution in [2.75, 3.05) is 33.3 Å². The highest BCUT2D eigenvalue weighted by Gasteiger charge is 2.64. The highest BCUT2D eigenvalue weighted by molar-refractivity contribution is 5.84. The lowest BCUT2D eigenvalue weighted by atomic mass is 9.81. The first-order chi connectivity index (χ1) is 22.1. The summed E-state index contributed by atoms with van der Waals surface area (Å²) >= 11 is 0. The summed E-state index contributed by atoms with van der Waals surface area (Å²) in [6.45, 7) is -3.74. The largest absolute Gasteiger partial charge is 0.453 e. The van der Waals surface area contributed by atoms with Crippen molar-refractivity contribution in [2.45, 2.75) is 80.8 Å². The zero-order chi connectivity index (χ0) is 33.9. The number of aromatic amines is 1. The minimum atomic E-state index is -4.46. The Hall–Kier alpha value is -3.79. The first-order valence-corrected chi connectivity index (χ1v) is 15.5. The van der Waals surface area contributed by atoms with Crippen LogP contribution in [0.1, 0.15) is 68.3 Å². The van der Waals surface area contributed by atoms with Crippen molar-refractivity contribution < 1.29 is 54.6 Å². The smallest absolute Gasteiger partial charge is 0.409 e. The second kappa shape index (κ2) is 12.0. The number of aromatic nitrogens is 2. The number of alkyl halides is 6. The maximum absolute atomic E-state index is 16.3. The molecule has 4 fully saturated rings. The summed E-state index contributed by atoms with van der Waals surface area (Å²) in [6, 6.07) is 1.82. The van der Waals surface area contributed by atoms with E-state index in [1.165, 1.54) is 12.1 Å². The molecule has 6 rings (SSSR count). The molecule has 10 nitrogen and oxygen atoms in total. The Labute approximate surface area is 264 Å². The minimum absolute atomic E-state index is 0.0516. The summed E-state index contributed by atoms with van der Waals surface area (Å²) in [5.41, 5.74) is -0.171. The number of imidazole rings is 1. The summed E-state index contributed by atoms with van der Waals surface area (Å²) in [7, 11) is 1.08. The zero-order valence-electron chi connectivity index (χ0n) is 25.3. The molecule has 1 aromatic carbocycles. The Balaban J connectivity index is 1.31. The zero-order valence-corrected chi connectivity index (χ0v) is 25.3. The van der Waals surface area contributed by atoms with Crippen LogP contribution in [0.2, 0.25) is 0 Å². The molecule has 1 unspecified atom stereocenters. The monoisotopic (exact) mass is 677 g/mol. The number of hydrogen-bond acceptors (Lipinski definition) is 6. The summed E-state index contributed by atoms with van der Waals surface area (Å²) < 4.78 is 110. The lowest BCUT2D eigenvalue weighted by Crippen LogP contribution is -2.40. The fourth-order valence-electron chi connectivity index (χ4n) is 6.92. The number of carbonyl (C=O) groups is 3. The van der Waals surface area contributed by atoms with Gasteiger partial charge < -0.3 is 29.6 Å². The van der Waals surface area contributed by atoms with Gasteiger partial charge in [0.25, 0.3) is 0 Å². The number of nitrogens with zero attached hydrogens (tertiary/aromatic N) is 3. The molecule has 47 heavy (non-hydrogen) atoms. The van der Waals surface area contributed by atoms with Crippen molar-refractivity contribution in [1.29, 1.82) is 0 Å². The number of hydrogen-bond donors (Lipinski definition) is 2. The van der Waals surface area contributed by atoms with E-state index in [-0.39, 0.29) is 47.9 Å². The van der Waals surface area contributed by atoms with E-state index < -0.39 is 97.9 Å². The molecule has 1 aromatic heterocycles. The van der Waals surface area contributed by atoms with Crippen molar-refractivity contribution in [3.63, 3.8) is 0 Å². The first kappa shape index (κ1) is 33.1. The quantitative estimate of drug-likeness (QED) is 0.377. The number of fused-ring (bicyclic) bond motifs is 1. The molecule has 2 aliphatic carbocycles. The van der Waals surface area contributed by atoms with Crippen molar-refractivity contribution >= 4 is 29.1 Å². The number of amides is 3. The lowest BCUT2D eigenvalue weighted by molar-refractivity contribution is -0.172. The van der Waals surface area contributed by atoms with Gasteiger partial charge in [-0.1, -0.05) is 6.07 Å². The van der Waals surface area contributed by atoms with E-state index in [9.17, 15) is 40.7 Å². The van der Waals surface area contributed by atoms with Gasteiger partial charge in [0, 0.05) is 31.8 Å². The standard InChI is InChI=1S/C30H34F7N5O5/c1-46-27(45)41-11-18(19(12-41)25(43)42-13-29(34,35)30(36,37)14-42)17-5-6-20-23(21(17)31)39-24(38-20)22(15-7-9-28(32,33)10-8-15)40-26(44)47-16-3-2-4-16/h5-6,15-16,18-19,22H,2-4,7-14H2,1H3,(H,38,39)(H,40,44)/t18-,19-,22?/m0/s1. The predicted molar refractivity (Wildman–Crippen MR) is 150 cm³/mol. The van der Waals surface area contributed by atoms with Gasteiger partial charge in [0.15, 0.2) is 5.82 Å². The molecule has 2 N–H and O–H groups in total. The van der Waals surface area contributed by atoms with Crippen LogP contribution in [-0.2, 0) is 14.3 Å². The fourth-order valence-corrected chi connectivity index (χ4v) is 6.92. The van der Waals surface area contributed by atoms with Crippen molar-refractivity contribution in [3.05, 3.63) is 29.3 Å². The van der Waals surface area contributed by atoms with E-state index in [2.05, 4.69) is 15.3 Å². The predicted octanol–water partition coefficient (Wildman–Crippen LogP) is 5.74. The molecular weight excluding hydrogens is 643 g/mol. The number of rotatable bonds is 6. The molecule has 3 atom stereocenters. The maximum Gasteiger partial charge on any atom is 0.409 e. The van der Waals surface area contributed by atoms with Crippen LogP contribution in [0.25, 0.3) is 11.0 Å². The normalized spacial score (nSPS) is 26.2. The second-order valence-corrected chi connectivity index (χ2v) is 13.0. The van der Waals surface area contributed by atoms with Crippen LogP contribution in [0.15, 0.2) is 12.1 Å². The van der Waals surface area contributed by atoms with Gasteiger partial charge in [0.05, 0.1) is 37.7 Å². The highest BCUT2D eigenvalue weighted by Crippen LogP contribution is 2.45. The topological polar surface area (TPSA) is 117 Å². The third kappa shape index (κ3) is 6.28. The maximum atomic E-state index is 16.3. The molecule has 2 saturated carbocycles. The van der Waals surface area contributed by atoms with Gasteiger partial charge in [-0.3, -0.25) is 4.79 Å². The van der Waals surface area contributed by atoms with Crippen LogP contribution < -0.4 is 5.32 Å². The Kier molecular flexibility index (Phi) is 8.47. The molecule has 3 heterocycles. The van der Waals surface area contributed by atoms with Crippen LogP contribution in [-0.4, -0.2) is 95.0 Å². The highest BCUT2D eigenvalue weighted by atomic mass is 19.3. The van der Waals surface area contributed by atoms with E-state index in [0.29, 0.717) is 17.7 Å². The SMILES string of the molecule is COC(=O)N1C[C@H](C(=O)N2CC(F)(F)C(F)(F)C2)[C@H](c2ccc3[nH]c(C(NC(=O)OC4CCC4)C4CCC(F)(F)CC4)nc3c2F)C1. The van der Waals surface area contributed by atoms with E-state index in [1.807, 2.05) is 0 Å². The summed E-state index contributed by atoms with van der Waals surface area (Å²) in [5, 5.41) is 2.72. The number of halogens is 7. The van der Waals surface area contributed by atoms with Crippen LogP contribution >= 0.6 is 0 Å². The molecule has 3 amide bonds. The first-order valence-electron chi connectivity index (χ1n) is 15.5. The van der Waals surface area contributed by atoms with Crippen LogP contribution in [0, 0.1) is 17.7 Å². The summed E-state index contributed by atoms with van der Waals surface area (Å²) in [6.07, 6.45) is -0.299. The van der Waals surface area contributed by atoms with Gasteiger partial charge in [-0.25, -0.2) is 27.7 Å². The Morgan fingerprint density at radius 2 is 1.64 bits per heavy atom. The number of H-pyrrole nitrogens is 1. The van der Waals surface area contributed by atoms with Gasteiger partial charge in [-0.05, 0) is 49.7 Å². The molecule has 2 saturated heterocycles. The average Bonchev–Trinajstić information content (AvgIpc) is 3.67. The Morgan fingerprint density at radius 3 is 2.23 bits per heavy atom. The van der Waals surface area contributed by atoms with Crippen LogP contribution in [0.3, 0.4) is 0 Å². The van der Waals surface area contributed by atoms with Gasteiger partial charge in [0.2, 0.25) is 11.8 Å². The van der Waals surface area contributed by atoms with Gasteiger partial charge in [-0.15, -0.1) is 0 Å².